The summed E-state index contributed by atoms with van der Waals surface area (Å²) in [4.78, 5) is 57.2. The third kappa shape index (κ3) is 7.97. The molecule has 10 nitrogen and oxygen atoms in total. The number of hydrogen-bond acceptors (Lipinski definition) is 6. The van der Waals surface area contributed by atoms with E-state index in [2.05, 4.69) is 0 Å². The molecule has 260 valence electrons. The standard InChI is InChI=1S/C40H42N2O8/c1-3-23-41(26-28-15-19-32(20-16-28)49-30-11-7-5-8-12-30)38(47)40(25-34(36(43)44)35(40)37(45)46)39(48)42(24-4-2)27-29-17-21-33(22-18-29)50-31-13-9-6-10-14-31/h5-22,34-35H,3-4,23-27H2,1-2H3,(H,43,44)(H,45,46)/t34-,35-/m0/s1. The molecule has 5 rings (SSSR count). The van der Waals surface area contributed by atoms with Gasteiger partial charge in [0.05, 0.1) is 11.8 Å². The summed E-state index contributed by atoms with van der Waals surface area (Å²) in [7, 11) is 0. The molecule has 0 bridgehead atoms. The Hall–Kier alpha value is -5.64. The molecule has 0 unspecified atom stereocenters. The van der Waals surface area contributed by atoms with Gasteiger partial charge < -0.3 is 29.5 Å². The van der Waals surface area contributed by atoms with Crippen molar-refractivity contribution in [1.29, 1.82) is 0 Å². The summed E-state index contributed by atoms with van der Waals surface area (Å²) >= 11 is 0. The number of carboxylic acids is 2. The highest BCUT2D eigenvalue weighted by Crippen LogP contribution is 2.54. The highest BCUT2D eigenvalue weighted by molar-refractivity contribution is 6.11. The van der Waals surface area contributed by atoms with Crippen molar-refractivity contribution >= 4 is 23.8 Å². The predicted octanol–water partition coefficient (Wildman–Crippen LogP) is 7.24. The molecule has 1 fully saturated rings. The first-order valence-corrected chi connectivity index (χ1v) is 16.8. The number of ether oxygens (including phenoxy) is 2. The van der Waals surface area contributed by atoms with Gasteiger partial charge >= 0.3 is 11.9 Å². The van der Waals surface area contributed by atoms with Gasteiger partial charge in [-0.2, -0.15) is 0 Å². The molecule has 0 aliphatic heterocycles. The molecule has 2 N–H and O–H groups in total. The minimum atomic E-state index is -2.08. The van der Waals surface area contributed by atoms with E-state index in [1.807, 2.05) is 98.8 Å². The van der Waals surface area contributed by atoms with E-state index in [0.717, 1.165) is 11.1 Å². The van der Waals surface area contributed by atoms with Crippen LogP contribution in [0.25, 0.3) is 0 Å². The van der Waals surface area contributed by atoms with Crippen molar-refractivity contribution in [2.45, 2.75) is 46.2 Å². The number of carboxylic acid groups (broad SMARTS) is 2. The van der Waals surface area contributed by atoms with Crippen LogP contribution in [0.1, 0.15) is 44.2 Å². The summed E-state index contributed by atoms with van der Waals surface area (Å²) in [5, 5.41) is 20.3. The third-order valence-corrected chi connectivity index (χ3v) is 8.93. The molecule has 4 aromatic carbocycles. The molecule has 10 heteroatoms. The second kappa shape index (κ2) is 16.2. The summed E-state index contributed by atoms with van der Waals surface area (Å²) in [6.45, 7) is 4.47. The van der Waals surface area contributed by atoms with E-state index in [-0.39, 0.29) is 26.2 Å². The van der Waals surface area contributed by atoms with Gasteiger partial charge in [0, 0.05) is 26.2 Å². The number of rotatable bonds is 16. The fourth-order valence-electron chi connectivity index (χ4n) is 6.54. The molecule has 0 heterocycles. The molecule has 50 heavy (non-hydrogen) atoms. The van der Waals surface area contributed by atoms with Gasteiger partial charge in [-0.25, -0.2) is 0 Å². The maximum Gasteiger partial charge on any atom is 0.309 e. The Labute approximate surface area is 291 Å². The van der Waals surface area contributed by atoms with Gasteiger partial charge in [0.2, 0.25) is 11.8 Å². The summed E-state index contributed by atoms with van der Waals surface area (Å²) in [5.41, 5.74) is -0.579. The minimum Gasteiger partial charge on any atom is -0.481 e. The van der Waals surface area contributed by atoms with Crippen molar-refractivity contribution in [3.05, 3.63) is 120 Å². The zero-order valence-electron chi connectivity index (χ0n) is 28.2. The number of benzene rings is 4. The van der Waals surface area contributed by atoms with E-state index in [0.29, 0.717) is 35.8 Å². The van der Waals surface area contributed by atoms with Crippen LogP contribution < -0.4 is 9.47 Å². The largest absolute Gasteiger partial charge is 0.481 e. The number of nitrogens with zero attached hydrogens (tertiary/aromatic N) is 2. The van der Waals surface area contributed by atoms with E-state index in [1.54, 1.807) is 24.3 Å². The van der Waals surface area contributed by atoms with Crippen LogP contribution >= 0.6 is 0 Å². The number of hydrogen-bond donors (Lipinski definition) is 2. The maximum atomic E-state index is 14.6. The van der Waals surface area contributed by atoms with Crippen molar-refractivity contribution < 1.29 is 38.9 Å². The molecular weight excluding hydrogens is 636 g/mol. The van der Waals surface area contributed by atoms with E-state index < -0.39 is 47.4 Å². The first kappa shape index (κ1) is 35.7. The molecule has 2 atom stereocenters. The first-order chi connectivity index (χ1) is 24.2. The van der Waals surface area contributed by atoms with Crippen molar-refractivity contribution in [2.24, 2.45) is 17.3 Å². The van der Waals surface area contributed by atoms with Gasteiger partial charge in [-0.3, -0.25) is 19.2 Å². The highest BCUT2D eigenvalue weighted by atomic mass is 16.5. The Morgan fingerprint density at radius 2 is 0.980 bits per heavy atom. The van der Waals surface area contributed by atoms with Gasteiger partial charge in [0.15, 0.2) is 0 Å². The zero-order chi connectivity index (χ0) is 35.7. The van der Waals surface area contributed by atoms with Crippen LogP contribution in [0, 0.1) is 17.3 Å². The van der Waals surface area contributed by atoms with Crippen LogP contribution in [-0.4, -0.2) is 56.9 Å². The lowest BCUT2D eigenvalue weighted by Crippen LogP contribution is -2.68. The maximum absolute atomic E-state index is 14.6. The molecule has 1 aliphatic carbocycles. The van der Waals surface area contributed by atoms with Crippen LogP contribution in [0.2, 0.25) is 0 Å². The molecule has 0 saturated heterocycles. The number of carbonyl (C=O) groups is 4. The zero-order valence-corrected chi connectivity index (χ0v) is 28.2. The van der Waals surface area contributed by atoms with Gasteiger partial charge in [0.1, 0.15) is 28.4 Å². The molecule has 2 amide bonds. The molecule has 4 aromatic rings. The minimum absolute atomic E-state index is 0.105. The summed E-state index contributed by atoms with van der Waals surface area (Å²) in [6, 6.07) is 33.0. The Morgan fingerprint density at radius 3 is 1.32 bits per heavy atom. The molecule has 1 saturated carbocycles. The first-order valence-electron chi connectivity index (χ1n) is 16.8. The monoisotopic (exact) mass is 678 g/mol. The summed E-state index contributed by atoms with van der Waals surface area (Å²) < 4.78 is 11.8. The molecule has 0 aromatic heterocycles. The third-order valence-electron chi connectivity index (χ3n) is 8.93. The quantitative estimate of drug-likeness (QED) is 0.119. The van der Waals surface area contributed by atoms with Crippen molar-refractivity contribution in [2.75, 3.05) is 13.1 Å². The highest BCUT2D eigenvalue weighted by Gasteiger charge is 2.70. The van der Waals surface area contributed by atoms with Crippen LogP contribution in [0.3, 0.4) is 0 Å². The van der Waals surface area contributed by atoms with Crippen LogP contribution in [0.5, 0.6) is 23.0 Å². The average Bonchev–Trinajstić information content (AvgIpc) is 3.09. The Bertz CT molecular complexity index is 1650. The molecule has 1 aliphatic rings. The van der Waals surface area contributed by atoms with Crippen molar-refractivity contribution in [3.63, 3.8) is 0 Å². The van der Waals surface area contributed by atoms with E-state index in [9.17, 15) is 29.4 Å². The Kier molecular flexibility index (Phi) is 11.5. The summed E-state index contributed by atoms with van der Waals surface area (Å²) in [5.74, 6) is -4.73. The van der Waals surface area contributed by atoms with Gasteiger partial charge in [-0.05, 0) is 78.9 Å². The average molecular weight is 679 g/mol. The van der Waals surface area contributed by atoms with Gasteiger partial charge in [-0.1, -0.05) is 74.5 Å². The molecular formula is C40H42N2O8. The van der Waals surface area contributed by atoms with Crippen LogP contribution in [0.15, 0.2) is 109 Å². The van der Waals surface area contributed by atoms with E-state index >= 15 is 0 Å². The number of para-hydroxylation sites is 2. The summed E-state index contributed by atoms with van der Waals surface area (Å²) in [6.07, 6.45) is 0.688. The fourth-order valence-corrected chi connectivity index (χ4v) is 6.54. The van der Waals surface area contributed by atoms with E-state index in [1.165, 1.54) is 9.80 Å². The predicted molar refractivity (Wildman–Crippen MR) is 187 cm³/mol. The topological polar surface area (TPSA) is 134 Å². The van der Waals surface area contributed by atoms with Crippen LogP contribution in [-0.2, 0) is 32.3 Å². The normalized spacial score (nSPS) is 16.0. The smallest absolute Gasteiger partial charge is 0.309 e. The number of aliphatic carboxylic acids is 2. The van der Waals surface area contributed by atoms with Gasteiger partial charge in [-0.15, -0.1) is 0 Å². The Morgan fingerprint density at radius 1 is 0.600 bits per heavy atom. The van der Waals surface area contributed by atoms with Crippen LogP contribution in [0.4, 0.5) is 0 Å². The van der Waals surface area contributed by atoms with E-state index in [4.69, 9.17) is 9.47 Å². The second-order valence-electron chi connectivity index (χ2n) is 12.5. The lowest BCUT2D eigenvalue weighted by Gasteiger charge is -2.51. The Balaban J connectivity index is 1.41. The lowest BCUT2D eigenvalue weighted by molar-refractivity contribution is -0.194. The van der Waals surface area contributed by atoms with Gasteiger partial charge in [0.25, 0.3) is 0 Å². The SMILES string of the molecule is CCCN(Cc1ccc(Oc2ccccc2)cc1)C(=O)C1(C(=O)N(CCC)Cc2ccc(Oc3ccccc3)cc2)C[C@H](C(=O)O)[C@H]1C(=O)O. The second-order valence-corrected chi connectivity index (χ2v) is 12.5. The van der Waals surface area contributed by atoms with Crippen molar-refractivity contribution in [3.8, 4) is 23.0 Å². The number of carbonyl (C=O) groups excluding carboxylic acids is 2. The molecule has 0 radical (unpaired) electrons. The molecule has 0 spiro atoms. The number of amides is 2. The fraction of sp³-hybridized carbons (Fsp3) is 0.300. The lowest BCUT2D eigenvalue weighted by atomic mass is 9.52. The van der Waals surface area contributed by atoms with Crippen molar-refractivity contribution in [1.82, 2.24) is 9.80 Å².